The molecule has 0 saturated carbocycles. The summed E-state index contributed by atoms with van der Waals surface area (Å²) in [6, 6.07) is 10.3. The standard InChI is InChI=1S/C14H10BrN3O4S/c15-10-4-2-1-3-9(10)13(20)17-14(23)16-11-6-5-8(18(21)22)7-12(11)19/h1-7,19H,(H2,16,17,20,23). The van der Waals surface area contributed by atoms with Crippen LogP contribution < -0.4 is 10.6 Å². The van der Waals surface area contributed by atoms with E-state index in [1.54, 1.807) is 24.3 Å². The molecule has 2 aromatic rings. The van der Waals surface area contributed by atoms with E-state index in [0.717, 1.165) is 6.07 Å². The molecular weight excluding hydrogens is 386 g/mol. The molecule has 0 fully saturated rings. The molecule has 0 saturated heterocycles. The van der Waals surface area contributed by atoms with Crippen molar-refractivity contribution in [1.29, 1.82) is 0 Å². The number of nitro benzene ring substituents is 1. The minimum Gasteiger partial charge on any atom is -0.506 e. The predicted octanol–water partition coefficient (Wildman–Crippen LogP) is 3.19. The Bertz CT molecular complexity index is 797. The van der Waals surface area contributed by atoms with Gasteiger partial charge in [-0.1, -0.05) is 12.1 Å². The van der Waals surface area contributed by atoms with E-state index in [-0.39, 0.29) is 22.2 Å². The van der Waals surface area contributed by atoms with Gasteiger partial charge in [0.1, 0.15) is 5.75 Å². The highest BCUT2D eigenvalue weighted by Crippen LogP contribution is 2.27. The van der Waals surface area contributed by atoms with Gasteiger partial charge in [0.05, 0.1) is 22.2 Å². The molecule has 0 radical (unpaired) electrons. The highest BCUT2D eigenvalue weighted by Gasteiger charge is 2.14. The Balaban J connectivity index is 2.07. The van der Waals surface area contributed by atoms with Crippen molar-refractivity contribution in [2.24, 2.45) is 0 Å². The van der Waals surface area contributed by atoms with Crippen molar-refractivity contribution in [3.63, 3.8) is 0 Å². The average Bonchev–Trinajstić information content (AvgIpc) is 2.49. The number of benzene rings is 2. The largest absolute Gasteiger partial charge is 0.506 e. The summed E-state index contributed by atoms with van der Waals surface area (Å²) in [5, 5.41) is 25.4. The number of phenolic OH excluding ortho intramolecular Hbond substituents is 1. The maximum atomic E-state index is 12.1. The summed E-state index contributed by atoms with van der Waals surface area (Å²) in [7, 11) is 0. The van der Waals surface area contributed by atoms with Crippen LogP contribution in [0.5, 0.6) is 5.75 Å². The molecule has 0 bridgehead atoms. The molecule has 9 heteroatoms. The van der Waals surface area contributed by atoms with Crippen molar-refractivity contribution < 1.29 is 14.8 Å². The van der Waals surface area contributed by atoms with E-state index in [0.29, 0.717) is 10.0 Å². The molecule has 0 atom stereocenters. The Morgan fingerprint density at radius 2 is 1.96 bits per heavy atom. The predicted molar refractivity (Wildman–Crippen MR) is 92.6 cm³/mol. The van der Waals surface area contributed by atoms with Crippen LogP contribution in [0.15, 0.2) is 46.9 Å². The van der Waals surface area contributed by atoms with Gasteiger partial charge in [-0.25, -0.2) is 0 Å². The maximum absolute atomic E-state index is 12.1. The van der Waals surface area contributed by atoms with E-state index < -0.39 is 10.8 Å². The third-order valence-electron chi connectivity index (χ3n) is 2.79. The molecule has 2 aromatic carbocycles. The van der Waals surface area contributed by atoms with Crippen LogP contribution in [0.25, 0.3) is 0 Å². The first-order valence-electron chi connectivity index (χ1n) is 6.22. The van der Waals surface area contributed by atoms with Crippen LogP contribution in [0.4, 0.5) is 11.4 Å². The van der Waals surface area contributed by atoms with E-state index in [1.807, 2.05) is 0 Å². The fourth-order valence-corrected chi connectivity index (χ4v) is 2.38. The van der Waals surface area contributed by atoms with Crippen molar-refractivity contribution in [3.05, 3.63) is 62.6 Å². The third-order valence-corrected chi connectivity index (χ3v) is 3.68. The normalized spacial score (nSPS) is 9.96. The molecule has 7 nitrogen and oxygen atoms in total. The SMILES string of the molecule is O=C(NC(=S)Nc1ccc([N+](=O)[O-])cc1O)c1ccccc1Br. The molecule has 23 heavy (non-hydrogen) atoms. The Morgan fingerprint density at radius 1 is 1.26 bits per heavy atom. The van der Waals surface area contributed by atoms with Crippen molar-refractivity contribution >= 4 is 50.5 Å². The van der Waals surface area contributed by atoms with Gasteiger partial charge >= 0.3 is 0 Å². The smallest absolute Gasteiger partial charge is 0.273 e. The number of hydrogen-bond acceptors (Lipinski definition) is 5. The molecule has 0 heterocycles. The number of nitrogens with zero attached hydrogens (tertiary/aromatic N) is 1. The lowest BCUT2D eigenvalue weighted by Crippen LogP contribution is -2.34. The molecule has 1 amide bonds. The average molecular weight is 396 g/mol. The van der Waals surface area contributed by atoms with Crippen molar-refractivity contribution in [3.8, 4) is 5.75 Å². The lowest BCUT2D eigenvalue weighted by Gasteiger charge is -2.11. The van der Waals surface area contributed by atoms with Crippen LogP contribution in [-0.2, 0) is 0 Å². The molecule has 0 aliphatic heterocycles. The Hall–Kier alpha value is -2.52. The first-order chi connectivity index (χ1) is 10.9. The summed E-state index contributed by atoms with van der Waals surface area (Å²) in [4.78, 5) is 22.1. The van der Waals surface area contributed by atoms with Crippen LogP contribution in [0.3, 0.4) is 0 Å². The third kappa shape index (κ3) is 4.24. The van der Waals surface area contributed by atoms with Crippen LogP contribution >= 0.6 is 28.1 Å². The zero-order valence-corrected chi connectivity index (χ0v) is 13.8. The number of phenols is 1. The molecule has 0 aliphatic rings. The Kier molecular flexibility index (Phi) is 5.24. The fraction of sp³-hybridized carbons (Fsp3) is 0. The van der Waals surface area contributed by atoms with Crippen LogP contribution in [-0.4, -0.2) is 21.0 Å². The van der Waals surface area contributed by atoms with Gasteiger partial charge in [-0.3, -0.25) is 20.2 Å². The lowest BCUT2D eigenvalue weighted by atomic mass is 10.2. The van der Waals surface area contributed by atoms with E-state index in [2.05, 4.69) is 26.6 Å². The van der Waals surface area contributed by atoms with Crippen LogP contribution in [0.1, 0.15) is 10.4 Å². The topological polar surface area (TPSA) is 104 Å². The Labute approximate surface area is 144 Å². The number of rotatable bonds is 3. The monoisotopic (exact) mass is 395 g/mol. The molecule has 0 spiro atoms. The van der Waals surface area contributed by atoms with Crippen molar-refractivity contribution in [2.45, 2.75) is 0 Å². The summed E-state index contributed by atoms with van der Waals surface area (Å²) in [6.45, 7) is 0. The summed E-state index contributed by atoms with van der Waals surface area (Å²) >= 11 is 8.25. The highest BCUT2D eigenvalue weighted by molar-refractivity contribution is 9.10. The number of nitro groups is 1. The lowest BCUT2D eigenvalue weighted by molar-refractivity contribution is -0.384. The number of thiocarbonyl (C=S) groups is 1. The van der Waals surface area contributed by atoms with Gasteiger partial charge in [0.2, 0.25) is 0 Å². The molecule has 3 N–H and O–H groups in total. The summed E-state index contributed by atoms with van der Waals surface area (Å²) < 4.78 is 0.610. The number of anilines is 1. The summed E-state index contributed by atoms with van der Waals surface area (Å²) in [5.74, 6) is -0.784. The van der Waals surface area contributed by atoms with Gasteiger partial charge in [-0.05, 0) is 46.3 Å². The number of carbonyl (C=O) groups excluding carboxylic acids is 1. The first-order valence-corrected chi connectivity index (χ1v) is 7.43. The van der Waals surface area contributed by atoms with Crippen molar-refractivity contribution in [1.82, 2.24) is 5.32 Å². The van der Waals surface area contributed by atoms with Gasteiger partial charge in [0.15, 0.2) is 5.11 Å². The van der Waals surface area contributed by atoms with E-state index in [9.17, 15) is 20.0 Å². The zero-order chi connectivity index (χ0) is 17.0. The number of carbonyl (C=O) groups is 1. The van der Waals surface area contributed by atoms with Gasteiger partial charge in [-0.15, -0.1) is 0 Å². The number of nitrogens with one attached hydrogen (secondary N) is 2. The maximum Gasteiger partial charge on any atom is 0.273 e. The summed E-state index contributed by atoms with van der Waals surface area (Å²) in [6.07, 6.45) is 0. The number of aromatic hydroxyl groups is 1. The zero-order valence-electron chi connectivity index (χ0n) is 11.4. The molecule has 0 aliphatic carbocycles. The van der Waals surface area contributed by atoms with E-state index >= 15 is 0 Å². The number of amides is 1. The fourth-order valence-electron chi connectivity index (χ4n) is 1.71. The van der Waals surface area contributed by atoms with E-state index in [1.165, 1.54) is 12.1 Å². The van der Waals surface area contributed by atoms with Crippen molar-refractivity contribution in [2.75, 3.05) is 5.32 Å². The second-order valence-corrected chi connectivity index (χ2v) is 5.61. The minimum absolute atomic E-state index is 0.0464. The van der Waals surface area contributed by atoms with E-state index in [4.69, 9.17) is 12.2 Å². The minimum atomic E-state index is -0.628. The number of halogens is 1. The highest BCUT2D eigenvalue weighted by atomic mass is 79.9. The molecule has 0 aromatic heterocycles. The first kappa shape index (κ1) is 16.8. The summed E-state index contributed by atoms with van der Waals surface area (Å²) in [5.41, 5.74) is 0.286. The van der Waals surface area contributed by atoms with Gasteiger partial charge in [0.25, 0.3) is 11.6 Å². The van der Waals surface area contributed by atoms with Gasteiger partial charge in [-0.2, -0.15) is 0 Å². The molecular formula is C14H10BrN3O4S. The number of non-ortho nitro benzene ring substituents is 1. The van der Waals surface area contributed by atoms with Gasteiger partial charge in [0, 0.05) is 10.5 Å². The van der Waals surface area contributed by atoms with Gasteiger partial charge < -0.3 is 10.4 Å². The molecule has 2 rings (SSSR count). The Morgan fingerprint density at radius 3 is 2.57 bits per heavy atom. The molecule has 118 valence electrons. The van der Waals surface area contributed by atoms with Crippen LogP contribution in [0, 0.1) is 10.1 Å². The quantitative estimate of drug-likeness (QED) is 0.319. The second-order valence-electron chi connectivity index (χ2n) is 4.35. The number of hydrogen-bond donors (Lipinski definition) is 3. The second kappa shape index (κ2) is 7.16. The van der Waals surface area contributed by atoms with Crippen LogP contribution in [0.2, 0.25) is 0 Å². The molecule has 0 unspecified atom stereocenters.